The third kappa shape index (κ3) is 3.30. The molecule has 0 unspecified atom stereocenters. The molecule has 1 atom stereocenters. The molecule has 3 heterocycles. The molecule has 1 saturated heterocycles. The molecule has 1 fully saturated rings. The van der Waals surface area contributed by atoms with Gasteiger partial charge in [0.1, 0.15) is 11.6 Å². The molecule has 2 N–H and O–H groups in total. The average Bonchev–Trinajstić information content (AvgIpc) is 3.10. The number of amides is 3. The predicted octanol–water partition coefficient (Wildman–Crippen LogP) is 3.01. The number of carbonyl (C=O) groups excluding carboxylic acids is 2. The summed E-state index contributed by atoms with van der Waals surface area (Å²) in [4.78, 5) is 28.9. The quantitative estimate of drug-likeness (QED) is 0.621. The minimum absolute atomic E-state index is 0.124. The lowest BCUT2D eigenvalue weighted by atomic mass is 9.68. The van der Waals surface area contributed by atoms with Crippen LogP contribution in [0.25, 0.3) is 10.9 Å². The Morgan fingerprint density at radius 1 is 1.18 bits per heavy atom. The standard InChI is InChI=1S/C25H27FN4O4/c1-15(32)30-14-25(12-29(13-25)24(33)27-17-6-4-16(26)5-7-17)22-19-9-8-18(34-3)10-20(19)28(2)23(22)21(30)11-31/h4-10,21,31H,11-14H2,1-3H3,(H,27,33)/t21-/m0/s1. The van der Waals surface area contributed by atoms with Crippen LogP contribution in [-0.2, 0) is 17.3 Å². The lowest BCUT2D eigenvalue weighted by Gasteiger charge is -2.56. The molecule has 3 amide bonds. The van der Waals surface area contributed by atoms with Crippen LogP contribution in [0.5, 0.6) is 5.75 Å². The summed E-state index contributed by atoms with van der Waals surface area (Å²) < 4.78 is 20.6. The van der Waals surface area contributed by atoms with E-state index in [0.717, 1.165) is 27.9 Å². The average molecular weight is 467 g/mol. The Bertz CT molecular complexity index is 1280. The van der Waals surface area contributed by atoms with E-state index in [-0.39, 0.29) is 24.4 Å². The number of aryl methyl sites for hydroxylation is 1. The third-order valence-corrected chi connectivity index (χ3v) is 7.10. The van der Waals surface area contributed by atoms with Gasteiger partial charge in [0.15, 0.2) is 0 Å². The van der Waals surface area contributed by atoms with Crippen molar-refractivity contribution in [1.82, 2.24) is 14.4 Å². The minimum atomic E-state index is -0.469. The van der Waals surface area contributed by atoms with Crippen molar-refractivity contribution in [1.29, 1.82) is 0 Å². The number of methoxy groups -OCH3 is 1. The second-order valence-corrected chi connectivity index (χ2v) is 9.12. The highest BCUT2D eigenvalue weighted by atomic mass is 19.1. The zero-order valence-corrected chi connectivity index (χ0v) is 19.3. The zero-order valence-electron chi connectivity index (χ0n) is 19.3. The van der Waals surface area contributed by atoms with E-state index >= 15 is 0 Å². The molecule has 0 radical (unpaired) electrons. The first-order valence-electron chi connectivity index (χ1n) is 11.1. The molecular weight excluding hydrogens is 439 g/mol. The van der Waals surface area contributed by atoms with Gasteiger partial charge in [-0.3, -0.25) is 4.79 Å². The molecule has 2 aromatic carbocycles. The topological polar surface area (TPSA) is 87.0 Å². The second-order valence-electron chi connectivity index (χ2n) is 9.12. The number of halogens is 1. The largest absolute Gasteiger partial charge is 0.497 e. The lowest BCUT2D eigenvalue weighted by Crippen LogP contribution is -2.68. The summed E-state index contributed by atoms with van der Waals surface area (Å²) >= 11 is 0. The molecule has 9 heteroatoms. The van der Waals surface area contributed by atoms with E-state index in [4.69, 9.17) is 4.74 Å². The van der Waals surface area contributed by atoms with Crippen LogP contribution in [0.2, 0.25) is 0 Å². The fourth-order valence-corrected chi connectivity index (χ4v) is 5.51. The molecule has 8 nitrogen and oxygen atoms in total. The van der Waals surface area contributed by atoms with E-state index in [1.165, 1.54) is 31.2 Å². The van der Waals surface area contributed by atoms with E-state index in [1.807, 2.05) is 29.8 Å². The number of carbonyl (C=O) groups is 2. The molecule has 34 heavy (non-hydrogen) atoms. The maximum absolute atomic E-state index is 13.2. The molecule has 0 bridgehead atoms. The molecule has 2 aliphatic heterocycles. The normalized spacial score (nSPS) is 18.6. The van der Waals surface area contributed by atoms with Crippen LogP contribution in [0.4, 0.5) is 14.9 Å². The molecule has 0 aliphatic carbocycles. The Hall–Kier alpha value is -3.59. The van der Waals surface area contributed by atoms with Crippen molar-refractivity contribution in [2.24, 2.45) is 7.05 Å². The smallest absolute Gasteiger partial charge is 0.321 e. The van der Waals surface area contributed by atoms with Crippen LogP contribution in [-0.4, -0.2) is 64.8 Å². The first-order chi connectivity index (χ1) is 16.3. The monoisotopic (exact) mass is 466 g/mol. The van der Waals surface area contributed by atoms with Gasteiger partial charge in [-0.15, -0.1) is 0 Å². The summed E-state index contributed by atoms with van der Waals surface area (Å²) in [6, 6.07) is 10.7. The number of urea groups is 1. The number of ether oxygens (including phenoxy) is 1. The van der Waals surface area contributed by atoms with E-state index in [1.54, 1.807) is 16.9 Å². The molecule has 1 spiro atoms. The number of nitrogens with one attached hydrogen (secondary N) is 1. The second kappa shape index (κ2) is 8.02. The maximum atomic E-state index is 13.2. The summed E-state index contributed by atoms with van der Waals surface area (Å²) in [5, 5.41) is 14.1. The zero-order chi connectivity index (χ0) is 24.2. The van der Waals surface area contributed by atoms with Gasteiger partial charge in [-0.25, -0.2) is 9.18 Å². The van der Waals surface area contributed by atoms with Gasteiger partial charge in [0.25, 0.3) is 0 Å². The lowest BCUT2D eigenvalue weighted by molar-refractivity contribution is -0.136. The number of aromatic nitrogens is 1. The first-order valence-corrected chi connectivity index (χ1v) is 11.1. The van der Waals surface area contributed by atoms with E-state index < -0.39 is 11.5 Å². The van der Waals surface area contributed by atoms with E-state index in [2.05, 4.69) is 5.32 Å². The maximum Gasteiger partial charge on any atom is 0.321 e. The van der Waals surface area contributed by atoms with Crippen molar-refractivity contribution < 1.29 is 23.8 Å². The van der Waals surface area contributed by atoms with Gasteiger partial charge in [0.2, 0.25) is 5.91 Å². The molecule has 2 aliphatic rings. The molecule has 178 valence electrons. The van der Waals surface area contributed by atoms with Crippen molar-refractivity contribution in [2.75, 3.05) is 38.7 Å². The number of likely N-dealkylation sites (tertiary alicyclic amines) is 1. The first kappa shape index (κ1) is 22.2. The Kier molecular flexibility index (Phi) is 5.24. The molecular formula is C25H27FN4O4. The summed E-state index contributed by atoms with van der Waals surface area (Å²) in [5.41, 5.74) is 2.95. The highest BCUT2D eigenvalue weighted by molar-refractivity contribution is 5.93. The Morgan fingerprint density at radius 3 is 2.50 bits per heavy atom. The Morgan fingerprint density at radius 2 is 1.88 bits per heavy atom. The van der Waals surface area contributed by atoms with Crippen LogP contribution in [0.3, 0.4) is 0 Å². The molecule has 5 rings (SSSR count). The summed E-state index contributed by atoms with van der Waals surface area (Å²) in [5.74, 6) is 0.226. The SMILES string of the molecule is COc1ccc2c3c(n(C)c2c1)[C@H](CO)N(C(C)=O)CC31CN(C(=O)Nc2ccc(F)cc2)C1. The highest BCUT2D eigenvalue weighted by Gasteiger charge is 2.55. The number of nitrogens with zero attached hydrogens (tertiary/aromatic N) is 3. The number of fused-ring (bicyclic) bond motifs is 4. The number of anilines is 1. The number of rotatable bonds is 3. The van der Waals surface area contributed by atoms with Crippen LogP contribution in [0, 0.1) is 5.82 Å². The number of aliphatic hydroxyl groups excluding tert-OH is 1. The summed E-state index contributed by atoms with van der Waals surface area (Å²) in [7, 11) is 3.54. The van der Waals surface area contributed by atoms with E-state index in [0.29, 0.717) is 25.3 Å². The Balaban J connectivity index is 1.53. The van der Waals surface area contributed by atoms with Crippen molar-refractivity contribution in [2.45, 2.75) is 18.4 Å². The molecule has 1 aromatic heterocycles. The van der Waals surface area contributed by atoms with E-state index in [9.17, 15) is 19.1 Å². The Labute approximate surface area is 196 Å². The van der Waals surface area contributed by atoms with Gasteiger partial charge < -0.3 is 29.5 Å². The summed E-state index contributed by atoms with van der Waals surface area (Å²) in [6.45, 7) is 2.55. The van der Waals surface area contributed by atoms with Crippen molar-refractivity contribution in [3.8, 4) is 5.75 Å². The number of hydrogen-bond acceptors (Lipinski definition) is 4. The van der Waals surface area contributed by atoms with Crippen LogP contribution < -0.4 is 10.1 Å². The van der Waals surface area contributed by atoms with Gasteiger partial charge in [-0.2, -0.15) is 0 Å². The van der Waals surface area contributed by atoms with Crippen molar-refractivity contribution in [3.63, 3.8) is 0 Å². The van der Waals surface area contributed by atoms with Gasteiger partial charge >= 0.3 is 6.03 Å². The van der Waals surface area contributed by atoms with Crippen molar-refractivity contribution in [3.05, 3.63) is 59.5 Å². The fourth-order valence-electron chi connectivity index (χ4n) is 5.51. The van der Waals surface area contributed by atoms with Gasteiger partial charge in [0.05, 0.1) is 30.7 Å². The fraction of sp³-hybridized carbons (Fsp3) is 0.360. The van der Waals surface area contributed by atoms with Gasteiger partial charge in [-0.05, 0) is 42.0 Å². The number of benzene rings is 2. The third-order valence-electron chi connectivity index (χ3n) is 7.10. The predicted molar refractivity (Wildman–Crippen MR) is 125 cm³/mol. The summed E-state index contributed by atoms with van der Waals surface area (Å²) in [6.07, 6.45) is 0. The van der Waals surface area contributed by atoms with Crippen LogP contribution in [0.15, 0.2) is 42.5 Å². The molecule has 3 aromatic rings. The van der Waals surface area contributed by atoms with Gasteiger partial charge in [-0.1, -0.05) is 0 Å². The van der Waals surface area contributed by atoms with Crippen LogP contribution >= 0.6 is 0 Å². The minimum Gasteiger partial charge on any atom is -0.497 e. The highest BCUT2D eigenvalue weighted by Crippen LogP contribution is 2.49. The number of aliphatic hydroxyl groups is 1. The number of hydrogen-bond donors (Lipinski definition) is 2. The molecule has 0 saturated carbocycles. The van der Waals surface area contributed by atoms with Crippen LogP contribution in [0.1, 0.15) is 24.2 Å². The van der Waals surface area contributed by atoms with Gasteiger partial charge in [0, 0.05) is 56.4 Å². The van der Waals surface area contributed by atoms with Crippen molar-refractivity contribution >= 4 is 28.5 Å².